The molecule has 0 saturated heterocycles. The normalized spacial score (nSPS) is 10.1. The summed E-state index contributed by atoms with van der Waals surface area (Å²) in [5.41, 5.74) is 2.25. The highest BCUT2D eigenvalue weighted by Crippen LogP contribution is 1.96. The Morgan fingerprint density at radius 1 is 1.57 bits per heavy atom. The van der Waals surface area contributed by atoms with Crippen LogP contribution in [0, 0.1) is 6.92 Å². The lowest BCUT2D eigenvalue weighted by molar-refractivity contribution is 0.706. The number of nitrogens with zero attached hydrogens (tertiary/aromatic N) is 2. The molecule has 0 aliphatic heterocycles. The summed E-state index contributed by atoms with van der Waals surface area (Å²) in [6.45, 7) is 9.57. The third-order valence-electron chi connectivity index (χ3n) is 2.01. The van der Waals surface area contributed by atoms with Crippen molar-refractivity contribution < 1.29 is 0 Å². The fourth-order valence-corrected chi connectivity index (χ4v) is 1.10. The molecule has 0 saturated carbocycles. The zero-order valence-electron chi connectivity index (χ0n) is 8.88. The van der Waals surface area contributed by atoms with Crippen LogP contribution in [0.1, 0.15) is 24.9 Å². The minimum absolute atomic E-state index is 0.780. The van der Waals surface area contributed by atoms with E-state index in [1.165, 1.54) is 5.57 Å². The van der Waals surface area contributed by atoms with Crippen LogP contribution in [0.2, 0.25) is 0 Å². The smallest absolute Gasteiger partial charge is 0.125 e. The fourth-order valence-electron chi connectivity index (χ4n) is 1.10. The fraction of sp³-hybridized carbons (Fsp3) is 0.455. The van der Waals surface area contributed by atoms with Gasteiger partial charge in [0.25, 0.3) is 0 Å². The van der Waals surface area contributed by atoms with Gasteiger partial charge >= 0.3 is 0 Å². The number of aryl methyl sites for hydroxylation is 1. The number of hydrogen-bond donors (Lipinski definition) is 1. The average molecular weight is 191 g/mol. The molecule has 1 N–H and O–H groups in total. The van der Waals surface area contributed by atoms with Crippen LogP contribution in [0.3, 0.4) is 0 Å². The van der Waals surface area contributed by atoms with Crippen LogP contribution in [0.15, 0.2) is 24.4 Å². The minimum atomic E-state index is 0.780. The Bertz CT molecular complexity index is 307. The second kappa shape index (κ2) is 5.50. The Balaban J connectivity index is 2.35. The zero-order chi connectivity index (χ0) is 10.4. The topological polar surface area (TPSA) is 37.8 Å². The number of rotatable bonds is 5. The van der Waals surface area contributed by atoms with Gasteiger partial charge in [-0.2, -0.15) is 0 Å². The van der Waals surface area contributed by atoms with Gasteiger partial charge in [0.15, 0.2) is 0 Å². The van der Waals surface area contributed by atoms with Gasteiger partial charge in [-0.1, -0.05) is 19.1 Å². The molecule has 1 rings (SSSR count). The summed E-state index contributed by atoms with van der Waals surface area (Å²) < 4.78 is 0. The first-order valence-corrected chi connectivity index (χ1v) is 4.88. The maximum atomic E-state index is 4.29. The van der Waals surface area contributed by atoms with Crippen LogP contribution >= 0.6 is 0 Å². The molecule has 0 aromatic carbocycles. The molecule has 0 amide bonds. The van der Waals surface area contributed by atoms with E-state index in [4.69, 9.17) is 0 Å². The standard InChI is InChI=1S/C11H17N3/c1-4-9(2)7-12-8-11-5-6-13-10(3)14-11/h5-6,12H,2,4,7-8H2,1,3H3. The molecular formula is C11H17N3. The molecule has 0 radical (unpaired) electrons. The van der Waals surface area contributed by atoms with E-state index in [0.29, 0.717) is 0 Å². The number of nitrogens with one attached hydrogen (secondary N) is 1. The van der Waals surface area contributed by atoms with Gasteiger partial charge in [-0.15, -0.1) is 0 Å². The van der Waals surface area contributed by atoms with E-state index in [1.807, 2.05) is 13.0 Å². The van der Waals surface area contributed by atoms with E-state index >= 15 is 0 Å². The lowest BCUT2D eigenvalue weighted by atomic mass is 10.2. The lowest BCUT2D eigenvalue weighted by Crippen LogP contribution is -2.17. The molecule has 3 nitrogen and oxygen atoms in total. The van der Waals surface area contributed by atoms with Gasteiger partial charge < -0.3 is 5.32 Å². The first-order valence-electron chi connectivity index (χ1n) is 4.88. The van der Waals surface area contributed by atoms with Crippen LogP contribution in [0.5, 0.6) is 0 Å². The molecule has 1 aromatic rings. The molecule has 0 aliphatic rings. The molecule has 0 unspecified atom stereocenters. The molecule has 14 heavy (non-hydrogen) atoms. The van der Waals surface area contributed by atoms with Gasteiger partial charge in [-0.3, -0.25) is 0 Å². The van der Waals surface area contributed by atoms with E-state index in [-0.39, 0.29) is 0 Å². The SMILES string of the molecule is C=C(CC)CNCc1ccnc(C)n1. The summed E-state index contributed by atoms with van der Waals surface area (Å²) in [4.78, 5) is 8.34. The molecule has 0 aliphatic carbocycles. The van der Waals surface area contributed by atoms with Crippen molar-refractivity contribution in [2.45, 2.75) is 26.8 Å². The van der Waals surface area contributed by atoms with Crippen molar-refractivity contribution in [2.24, 2.45) is 0 Å². The van der Waals surface area contributed by atoms with Crippen LogP contribution in [-0.4, -0.2) is 16.5 Å². The second-order valence-corrected chi connectivity index (χ2v) is 3.30. The summed E-state index contributed by atoms with van der Waals surface area (Å²) in [6.07, 6.45) is 2.81. The Labute approximate surface area is 85.3 Å². The van der Waals surface area contributed by atoms with Crippen molar-refractivity contribution in [3.05, 3.63) is 35.9 Å². The van der Waals surface area contributed by atoms with Crippen LogP contribution in [0.25, 0.3) is 0 Å². The lowest BCUT2D eigenvalue weighted by Gasteiger charge is -2.05. The molecule has 0 fully saturated rings. The summed E-state index contributed by atoms with van der Waals surface area (Å²) in [7, 11) is 0. The molecule has 76 valence electrons. The van der Waals surface area contributed by atoms with Crippen molar-refractivity contribution >= 4 is 0 Å². The van der Waals surface area contributed by atoms with Gasteiger partial charge in [0, 0.05) is 19.3 Å². The maximum absolute atomic E-state index is 4.29. The Morgan fingerprint density at radius 2 is 2.36 bits per heavy atom. The highest BCUT2D eigenvalue weighted by atomic mass is 14.9. The van der Waals surface area contributed by atoms with Crippen molar-refractivity contribution in [3.63, 3.8) is 0 Å². The minimum Gasteiger partial charge on any atom is -0.307 e. The number of aromatic nitrogens is 2. The van der Waals surface area contributed by atoms with Crippen LogP contribution in [-0.2, 0) is 6.54 Å². The van der Waals surface area contributed by atoms with Crippen molar-refractivity contribution in [1.82, 2.24) is 15.3 Å². The van der Waals surface area contributed by atoms with Crippen molar-refractivity contribution in [1.29, 1.82) is 0 Å². The van der Waals surface area contributed by atoms with Gasteiger partial charge in [0.1, 0.15) is 5.82 Å². The molecule has 3 heteroatoms. The van der Waals surface area contributed by atoms with Crippen molar-refractivity contribution in [3.8, 4) is 0 Å². The summed E-state index contributed by atoms with van der Waals surface area (Å²) in [5.74, 6) is 0.818. The van der Waals surface area contributed by atoms with Gasteiger partial charge in [0.05, 0.1) is 5.69 Å². The second-order valence-electron chi connectivity index (χ2n) is 3.30. The van der Waals surface area contributed by atoms with E-state index in [9.17, 15) is 0 Å². The molecule has 1 aromatic heterocycles. The van der Waals surface area contributed by atoms with E-state index in [0.717, 1.165) is 31.0 Å². The predicted octanol–water partition coefficient (Wildman–Crippen LogP) is 1.84. The quantitative estimate of drug-likeness (QED) is 0.722. The molecule has 1 heterocycles. The van der Waals surface area contributed by atoms with E-state index in [1.54, 1.807) is 6.20 Å². The zero-order valence-corrected chi connectivity index (χ0v) is 8.88. The third kappa shape index (κ3) is 3.66. The van der Waals surface area contributed by atoms with E-state index in [2.05, 4.69) is 28.8 Å². The van der Waals surface area contributed by atoms with Gasteiger partial charge in [-0.25, -0.2) is 9.97 Å². The largest absolute Gasteiger partial charge is 0.307 e. The Kier molecular flexibility index (Phi) is 4.26. The molecule has 0 spiro atoms. The predicted molar refractivity (Wildman–Crippen MR) is 57.9 cm³/mol. The highest BCUT2D eigenvalue weighted by molar-refractivity contribution is 5.02. The highest BCUT2D eigenvalue weighted by Gasteiger charge is 1.95. The van der Waals surface area contributed by atoms with Crippen LogP contribution < -0.4 is 5.32 Å². The average Bonchev–Trinajstić information content (AvgIpc) is 2.17. The molecule has 0 atom stereocenters. The van der Waals surface area contributed by atoms with Gasteiger partial charge in [0.2, 0.25) is 0 Å². The summed E-state index contributed by atoms with van der Waals surface area (Å²) in [6, 6.07) is 1.93. The third-order valence-corrected chi connectivity index (χ3v) is 2.01. The van der Waals surface area contributed by atoms with Crippen molar-refractivity contribution in [2.75, 3.05) is 6.54 Å². The number of hydrogen-bond acceptors (Lipinski definition) is 3. The van der Waals surface area contributed by atoms with Gasteiger partial charge in [-0.05, 0) is 19.4 Å². The molecular weight excluding hydrogens is 174 g/mol. The summed E-state index contributed by atoms with van der Waals surface area (Å²) in [5, 5.41) is 3.29. The first-order chi connectivity index (χ1) is 6.72. The van der Waals surface area contributed by atoms with E-state index < -0.39 is 0 Å². The Morgan fingerprint density at radius 3 is 3.00 bits per heavy atom. The van der Waals surface area contributed by atoms with Crippen LogP contribution in [0.4, 0.5) is 0 Å². The molecule has 0 bridgehead atoms. The monoisotopic (exact) mass is 191 g/mol. The Hall–Kier alpha value is -1.22. The first kappa shape index (κ1) is 10.9. The maximum Gasteiger partial charge on any atom is 0.125 e. The summed E-state index contributed by atoms with van der Waals surface area (Å²) >= 11 is 0.